The number of pyridine rings is 1. The Morgan fingerprint density at radius 3 is 2.86 bits per heavy atom. The molecular formula is C14H17ClN2O3S. The normalized spacial score (nSPS) is 13.4. The van der Waals surface area contributed by atoms with Crippen molar-refractivity contribution in [3.05, 3.63) is 36.5 Å². The molecule has 1 unspecified atom stereocenters. The molecule has 5 nitrogen and oxygen atoms in total. The lowest BCUT2D eigenvalue weighted by Crippen LogP contribution is -2.38. The second-order valence-corrected chi connectivity index (χ2v) is 6.64. The largest absolute Gasteiger partial charge is 0.383 e. The third-order valence-corrected chi connectivity index (χ3v) is 4.84. The fourth-order valence-corrected chi connectivity index (χ4v) is 3.84. The van der Waals surface area contributed by atoms with Gasteiger partial charge in [-0.05, 0) is 30.7 Å². The van der Waals surface area contributed by atoms with E-state index in [4.69, 9.17) is 16.3 Å². The van der Waals surface area contributed by atoms with E-state index in [0.29, 0.717) is 23.2 Å². The number of ether oxygens (including phenoxy) is 1. The SMILES string of the molecule is COCC(CCCl)NS(=O)(=O)c1cccc2ncccc12. The van der Waals surface area contributed by atoms with Crippen molar-refractivity contribution in [3.8, 4) is 0 Å². The van der Waals surface area contributed by atoms with Gasteiger partial charge in [0.25, 0.3) is 0 Å². The second-order valence-electron chi connectivity index (χ2n) is 4.58. The summed E-state index contributed by atoms with van der Waals surface area (Å²) >= 11 is 5.70. The van der Waals surface area contributed by atoms with Crippen LogP contribution in [0.25, 0.3) is 10.9 Å². The summed E-state index contributed by atoms with van der Waals surface area (Å²) in [6.45, 7) is 0.273. The van der Waals surface area contributed by atoms with Gasteiger partial charge >= 0.3 is 0 Å². The van der Waals surface area contributed by atoms with E-state index < -0.39 is 10.0 Å². The molecule has 0 saturated carbocycles. The van der Waals surface area contributed by atoms with Crippen LogP contribution in [-0.4, -0.2) is 39.0 Å². The van der Waals surface area contributed by atoms with Crippen LogP contribution in [0.15, 0.2) is 41.4 Å². The molecule has 0 radical (unpaired) electrons. The fourth-order valence-electron chi connectivity index (χ4n) is 2.10. The molecule has 2 aromatic rings. The van der Waals surface area contributed by atoms with E-state index in [1.807, 2.05) is 0 Å². The molecule has 0 aliphatic heterocycles. The maximum Gasteiger partial charge on any atom is 0.241 e. The first-order valence-corrected chi connectivity index (χ1v) is 8.51. The number of aromatic nitrogens is 1. The Morgan fingerprint density at radius 2 is 2.14 bits per heavy atom. The third kappa shape index (κ3) is 3.91. The maximum absolute atomic E-state index is 12.6. The molecule has 1 heterocycles. The van der Waals surface area contributed by atoms with Gasteiger partial charge in [-0.2, -0.15) is 0 Å². The highest BCUT2D eigenvalue weighted by Gasteiger charge is 2.21. The lowest BCUT2D eigenvalue weighted by atomic mass is 10.2. The Balaban J connectivity index is 2.37. The van der Waals surface area contributed by atoms with Crippen LogP contribution in [0.5, 0.6) is 0 Å². The van der Waals surface area contributed by atoms with Crippen molar-refractivity contribution in [1.82, 2.24) is 9.71 Å². The van der Waals surface area contributed by atoms with Gasteiger partial charge in [0, 0.05) is 30.6 Å². The Morgan fingerprint density at radius 1 is 1.33 bits per heavy atom. The highest BCUT2D eigenvalue weighted by atomic mass is 35.5. The summed E-state index contributed by atoms with van der Waals surface area (Å²) in [5.74, 6) is 0.355. The van der Waals surface area contributed by atoms with Crippen LogP contribution in [0.1, 0.15) is 6.42 Å². The number of nitrogens with zero attached hydrogens (tertiary/aromatic N) is 1. The number of fused-ring (bicyclic) bond motifs is 1. The lowest BCUT2D eigenvalue weighted by Gasteiger charge is -2.17. The van der Waals surface area contributed by atoms with E-state index >= 15 is 0 Å². The highest BCUT2D eigenvalue weighted by molar-refractivity contribution is 7.89. The van der Waals surface area contributed by atoms with Gasteiger partial charge < -0.3 is 4.74 Å². The minimum absolute atomic E-state index is 0.212. The molecular weight excluding hydrogens is 312 g/mol. The summed E-state index contributed by atoms with van der Waals surface area (Å²) in [5.41, 5.74) is 0.640. The minimum atomic E-state index is -3.66. The summed E-state index contributed by atoms with van der Waals surface area (Å²) in [6.07, 6.45) is 2.13. The number of hydrogen-bond acceptors (Lipinski definition) is 4. The fraction of sp³-hybridized carbons (Fsp3) is 0.357. The summed E-state index contributed by atoms with van der Waals surface area (Å²) in [5, 5.41) is 0.592. The monoisotopic (exact) mass is 328 g/mol. The number of alkyl halides is 1. The van der Waals surface area contributed by atoms with Crippen molar-refractivity contribution >= 4 is 32.5 Å². The first kappa shape index (κ1) is 16.2. The highest BCUT2D eigenvalue weighted by Crippen LogP contribution is 2.21. The smallest absolute Gasteiger partial charge is 0.241 e. The van der Waals surface area contributed by atoms with Gasteiger partial charge in [-0.25, -0.2) is 13.1 Å². The Bertz CT molecular complexity index is 695. The molecule has 0 saturated heterocycles. The molecule has 1 aromatic heterocycles. The van der Waals surface area contributed by atoms with Gasteiger partial charge in [-0.15, -0.1) is 11.6 Å². The van der Waals surface area contributed by atoms with E-state index in [-0.39, 0.29) is 17.5 Å². The molecule has 0 aliphatic carbocycles. The minimum Gasteiger partial charge on any atom is -0.383 e. The molecule has 7 heteroatoms. The molecule has 21 heavy (non-hydrogen) atoms. The molecule has 0 amide bonds. The molecule has 0 aliphatic rings. The third-order valence-electron chi connectivity index (χ3n) is 3.04. The summed E-state index contributed by atoms with van der Waals surface area (Å²) < 4.78 is 32.8. The van der Waals surface area contributed by atoms with E-state index in [1.54, 1.807) is 36.5 Å². The number of benzene rings is 1. The summed E-state index contributed by atoms with van der Waals surface area (Å²) in [6, 6.07) is 8.12. The Labute approximate surface area is 129 Å². The quantitative estimate of drug-likeness (QED) is 0.791. The zero-order chi connectivity index (χ0) is 15.3. The molecule has 0 spiro atoms. The number of halogens is 1. The van der Waals surface area contributed by atoms with E-state index in [1.165, 1.54) is 7.11 Å². The average molecular weight is 329 g/mol. The summed E-state index contributed by atoms with van der Waals surface area (Å²) in [4.78, 5) is 4.38. The zero-order valence-corrected chi connectivity index (χ0v) is 13.2. The topological polar surface area (TPSA) is 68.3 Å². The van der Waals surface area contributed by atoms with Gasteiger partial charge in [0.15, 0.2) is 0 Å². The van der Waals surface area contributed by atoms with Crippen LogP contribution in [0.3, 0.4) is 0 Å². The molecule has 0 fully saturated rings. The predicted molar refractivity (Wildman–Crippen MR) is 83.1 cm³/mol. The van der Waals surface area contributed by atoms with Gasteiger partial charge in [0.1, 0.15) is 0 Å². The molecule has 1 N–H and O–H groups in total. The molecule has 2 rings (SSSR count). The van der Waals surface area contributed by atoms with Crippen LogP contribution in [-0.2, 0) is 14.8 Å². The van der Waals surface area contributed by atoms with Crippen molar-refractivity contribution < 1.29 is 13.2 Å². The van der Waals surface area contributed by atoms with Crippen molar-refractivity contribution in [2.24, 2.45) is 0 Å². The van der Waals surface area contributed by atoms with Crippen LogP contribution >= 0.6 is 11.6 Å². The van der Waals surface area contributed by atoms with Crippen LogP contribution in [0.2, 0.25) is 0 Å². The number of sulfonamides is 1. The van der Waals surface area contributed by atoms with Crippen molar-refractivity contribution in [2.45, 2.75) is 17.4 Å². The first-order chi connectivity index (χ1) is 10.1. The predicted octanol–water partition coefficient (Wildman–Crippen LogP) is 2.16. The van der Waals surface area contributed by atoms with Crippen molar-refractivity contribution in [2.75, 3.05) is 19.6 Å². The number of hydrogen-bond donors (Lipinski definition) is 1. The maximum atomic E-state index is 12.6. The van der Waals surface area contributed by atoms with Gasteiger partial charge in [-0.1, -0.05) is 6.07 Å². The zero-order valence-electron chi connectivity index (χ0n) is 11.6. The number of methoxy groups -OCH3 is 1. The molecule has 1 atom stereocenters. The van der Waals surface area contributed by atoms with Crippen LogP contribution in [0.4, 0.5) is 0 Å². The average Bonchev–Trinajstić information content (AvgIpc) is 2.47. The van der Waals surface area contributed by atoms with Crippen LogP contribution in [0, 0.1) is 0 Å². The van der Waals surface area contributed by atoms with Crippen LogP contribution < -0.4 is 4.72 Å². The Kier molecular flexibility index (Phi) is 5.52. The van der Waals surface area contributed by atoms with E-state index in [0.717, 1.165) is 0 Å². The van der Waals surface area contributed by atoms with Gasteiger partial charge in [0.2, 0.25) is 10.0 Å². The molecule has 114 valence electrons. The Hall–Kier alpha value is -1.21. The van der Waals surface area contributed by atoms with Crippen molar-refractivity contribution in [1.29, 1.82) is 0 Å². The second kappa shape index (κ2) is 7.17. The first-order valence-electron chi connectivity index (χ1n) is 6.49. The lowest BCUT2D eigenvalue weighted by molar-refractivity contribution is 0.173. The molecule has 1 aromatic carbocycles. The number of rotatable bonds is 7. The van der Waals surface area contributed by atoms with E-state index in [9.17, 15) is 8.42 Å². The molecule has 0 bridgehead atoms. The standard InChI is InChI=1S/C14H17ClN2O3S/c1-20-10-11(7-8-15)17-21(18,19)14-6-2-5-13-12(14)4-3-9-16-13/h2-6,9,11,17H,7-8,10H2,1H3. The van der Waals surface area contributed by atoms with Crippen molar-refractivity contribution in [3.63, 3.8) is 0 Å². The number of nitrogens with one attached hydrogen (secondary N) is 1. The van der Waals surface area contributed by atoms with E-state index in [2.05, 4.69) is 9.71 Å². The summed E-state index contributed by atoms with van der Waals surface area (Å²) in [7, 11) is -2.13. The van der Waals surface area contributed by atoms with Gasteiger partial charge in [-0.3, -0.25) is 4.98 Å². The van der Waals surface area contributed by atoms with Gasteiger partial charge in [0.05, 0.1) is 17.0 Å².